The topological polar surface area (TPSA) is 122 Å². The first-order chi connectivity index (χ1) is 9.11. The van der Waals surface area contributed by atoms with Gasteiger partial charge in [0.25, 0.3) is 0 Å². The molecule has 19 heavy (non-hydrogen) atoms. The Kier molecular flexibility index (Phi) is 2.97. The van der Waals surface area contributed by atoms with Crippen LogP contribution in [-0.4, -0.2) is 48.5 Å². The van der Waals surface area contributed by atoms with Crippen LogP contribution in [0.3, 0.4) is 0 Å². The predicted molar refractivity (Wildman–Crippen MR) is 68.7 cm³/mol. The van der Waals surface area contributed by atoms with E-state index in [1.807, 2.05) is 0 Å². The number of nitrogen functional groups attached to an aromatic ring is 1. The molecule has 1 fully saturated rings. The SMILES string of the molecule is Nc1ncnc2c1[nH]c(=S)n2[C@H]1CC(O)[C@@H](CO)O1. The van der Waals surface area contributed by atoms with Crippen molar-refractivity contribution in [2.24, 2.45) is 0 Å². The van der Waals surface area contributed by atoms with E-state index in [0.29, 0.717) is 28.2 Å². The lowest BCUT2D eigenvalue weighted by atomic mass is 10.2. The van der Waals surface area contributed by atoms with E-state index in [1.54, 1.807) is 4.57 Å². The highest BCUT2D eigenvalue weighted by molar-refractivity contribution is 7.71. The molecule has 1 aliphatic heterocycles. The molecule has 0 amide bonds. The molecular weight excluding hydrogens is 270 g/mol. The van der Waals surface area contributed by atoms with Gasteiger partial charge in [-0.1, -0.05) is 0 Å². The van der Waals surface area contributed by atoms with Crippen LogP contribution < -0.4 is 5.73 Å². The van der Waals surface area contributed by atoms with Crippen LogP contribution in [0.25, 0.3) is 11.2 Å². The highest BCUT2D eigenvalue weighted by Crippen LogP contribution is 2.31. The van der Waals surface area contributed by atoms with Crippen molar-refractivity contribution < 1.29 is 14.9 Å². The number of nitrogens with zero attached hydrogens (tertiary/aromatic N) is 3. The Morgan fingerprint density at radius 3 is 3.05 bits per heavy atom. The van der Waals surface area contributed by atoms with Gasteiger partial charge in [-0.2, -0.15) is 0 Å². The maximum absolute atomic E-state index is 9.78. The highest BCUT2D eigenvalue weighted by Gasteiger charge is 2.35. The van der Waals surface area contributed by atoms with Crippen molar-refractivity contribution in [2.75, 3.05) is 12.3 Å². The quantitative estimate of drug-likeness (QED) is 0.559. The van der Waals surface area contributed by atoms with Crippen molar-refractivity contribution in [3.05, 3.63) is 11.1 Å². The fourth-order valence-corrected chi connectivity index (χ4v) is 2.57. The largest absolute Gasteiger partial charge is 0.394 e. The second kappa shape index (κ2) is 4.53. The average Bonchev–Trinajstić information content (AvgIpc) is 2.90. The zero-order valence-electron chi connectivity index (χ0n) is 9.85. The third-order valence-electron chi connectivity index (χ3n) is 3.21. The summed E-state index contributed by atoms with van der Waals surface area (Å²) in [7, 11) is 0. The Labute approximate surface area is 112 Å². The zero-order chi connectivity index (χ0) is 13.6. The lowest BCUT2D eigenvalue weighted by Crippen LogP contribution is -2.24. The molecule has 0 spiro atoms. The van der Waals surface area contributed by atoms with Crippen LogP contribution in [-0.2, 0) is 4.74 Å². The fraction of sp³-hybridized carbons (Fsp3) is 0.500. The lowest BCUT2D eigenvalue weighted by Gasteiger charge is -2.13. The molecule has 3 rings (SSSR count). The molecule has 5 N–H and O–H groups in total. The number of nitrogens with one attached hydrogen (secondary N) is 1. The highest BCUT2D eigenvalue weighted by atomic mass is 32.1. The van der Waals surface area contributed by atoms with Crippen LogP contribution in [0.2, 0.25) is 0 Å². The van der Waals surface area contributed by atoms with E-state index in [9.17, 15) is 5.11 Å². The molecule has 8 nitrogen and oxygen atoms in total. The molecule has 102 valence electrons. The molecular formula is C10H13N5O3S. The molecule has 1 saturated heterocycles. The van der Waals surface area contributed by atoms with Crippen molar-refractivity contribution in [3.8, 4) is 0 Å². The molecule has 3 heterocycles. The molecule has 0 radical (unpaired) electrons. The summed E-state index contributed by atoms with van der Waals surface area (Å²) in [5, 5.41) is 18.9. The number of aromatic nitrogens is 4. The number of rotatable bonds is 2. The second-order valence-electron chi connectivity index (χ2n) is 4.37. The Bertz CT molecular complexity index is 669. The van der Waals surface area contributed by atoms with E-state index < -0.39 is 18.4 Å². The van der Waals surface area contributed by atoms with Gasteiger partial charge < -0.3 is 25.7 Å². The minimum atomic E-state index is -0.735. The van der Waals surface area contributed by atoms with Gasteiger partial charge in [0.05, 0.1) is 12.7 Å². The smallest absolute Gasteiger partial charge is 0.181 e. The van der Waals surface area contributed by atoms with E-state index >= 15 is 0 Å². The van der Waals surface area contributed by atoms with Gasteiger partial charge in [0.15, 0.2) is 16.2 Å². The van der Waals surface area contributed by atoms with Gasteiger partial charge >= 0.3 is 0 Å². The van der Waals surface area contributed by atoms with Crippen LogP contribution in [0.4, 0.5) is 5.82 Å². The van der Waals surface area contributed by atoms with Gasteiger partial charge in [0.2, 0.25) is 0 Å². The van der Waals surface area contributed by atoms with E-state index in [0.717, 1.165) is 0 Å². The number of fused-ring (bicyclic) bond motifs is 1. The molecule has 2 aromatic heterocycles. The van der Waals surface area contributed by atoms with Gasteiger partial charge in [0.1, 0.15) is 24.2 Å². The molecule has 1 aliphatic rings. The fourth-order valence-electron chi connectivity index (χ4n) is 2.26. The number of aliphatic hydroxyl groups is 2. The lowest BCUT2D eigenvalue weighted by molar-refractivity contribution is -0.0436. The number of aromatic amines is 1. The molecule has 9 heteroatoms. The zero-order valence-corrected chi connectivity index (χ0v) is 10.7. The molecule has 1 unspecified atom stereocenters. The van der Waals surface area contributed by atoms with Crippen molar-refractivity contribution in [1.29, 1.82) is 0 Å². The van der Waals surface area contributed by atoms with E-state index in [-0.39, 0.29) is 6.61 Å². The van der Waals surface area contributed by atoms with Gasteiger partial charge in [-0.05, 0) is 12.2 Å². The number of anilines is 1. The summed E-state index contributed by atoms with van der Waals surface area (Å²) in [5.41, 5.74) is 6.81. The summed E-state index contributed by atoms with van der Waals surface area (Å²) in [6.07, 6.45) is -0.165. The predicted octanol–water partition coefficient (Wildman–Crippen LogP) is -0.288. The van der Waals surface area contributed by atoms with Crippen molar-refractivity contribution in [1.82, 2.24) is 19.5 Å². The van der Waals surface area contributed by atoms with Gasteiger partial charge in [0, 0.05) is 6.42 Å². The van der Waals surface area contributed by atoms with Crippen LogP contribution >= 0.6 is 12.2 Å². The normalized spacial score (nSPS) is 27.2. The standard InChI is InChI=1S/C10H13N5O3S/c11-8-7-9(13-3-12-8)15(10(19)14-7)6-1-4(17)5(2-16)18-6/h3-6,16-17H,1-2H2,(H,14,19)(H2,11,12,13)/t4?,5-,6-/m1/s1. The summed E-state index contributed by atoms with van der Waals surface area (Å²) in [5.74, 6) is 0.298. The van der Waals surface area contributed by atoms with Crippen molar-refractivity contribution >= 4 is 29.2 Å². The number of ether oxygens (including phenoxy) is 1. The molecule has 0 bridgehead atoms. The first-order valence-corrected chi connectivity index (χ1v) is 6.17. The Hall–Kier alpha value is -1.55. The maximum Gasteiger partial charge on any atom is 0.181 e. The number of H-pyrrole nitrogens is 1. The number of hydrogen-bond acceptors (Lipinski definition) is 7. The monoisotopic (exact) mass is 283 g/mol. The molecule has 2 aromatic rings. The van der Waals surface area contributed by atoms with E-state index in [2.05, 4.69) is 15.0 Å². The first kappa shape index (κ1) is 12.5. The van der Waals surface area contributed by atoms with Crippen LogP contribution in [0.15, 0.2) is 6.33 Å². The Balaban J connectivity index is 2.09. The summed E-state index contributed by atoms with van der Waals surface area (Å²) >= 11 is 5.22. The number of hydrogen-bond donors (Lipinski definition) is 4. The minimum Gasteiger partial charge on any atom is -0.394 e. The van der Waals surface area contributed by atoms with Gasteiger partial charge in [-0.3, -0.25) is 4.57 Å². The Morgan fingerprint density at radius 1 is 1.58 bits per heavy atom. The van der Waals surface area contributed by atoms with Crippen LogP contribution in [0.1, 0.15) is 12.6 Å². The summed E-state index contributed by atoms with van der Waals surface area (Å²) in [6.45, 7) is -0.246. The first-order valence-electron chi connectivity index (χ1n) is 5.77. The van der Waals surface area contributed by atoms with Gasteiger partial charge in [-0.15, -0.1) is 0 Å². The summed E-state index contributed by atoms with van der Waals surface area (Å²) < 4.78 is 7.60. The second-order valence-corrected chi connectivity index (χ2v) is 4.76. The van der Waals surface area contributed by atoms with Crippen molar-refractivity contribution in [2.45, 2.75) is 24.9 Å². The third kappa shape index (κ3) is 1.91. The van der Waals surface area contributed by atoms with E-state index in [4.69, 9.17) is 27.8 Å². The molecule has 0 saturated carbocycles. The Morgan fingerprint density at radius 2 is 2.37 bits per heavy atom. The summed E-state index contributed by atoms with van der Waals surface area (Å²) in [4.78, 5) is 10.9. The molecule has 3 atom stereocenters. The van der Waals surface area contributed by atoms with Crippen LogP contribution in [0, 0.1) is 4.77 Å². The third-order valence-corrected chi connectivity index (χ3v) is 3.51. The minimum absolute atomic E-state index is 0.246. The van der Waals surface area contributed by atoms with Crippen molar-refractivity contribution in [3.63, 3.8) is 0 Å². The van der Waals surface area contributed by atoms with E-state index in [1.165, 1.54) is 6.33 Å². The number of imidazole rings is 1. The summed E-state index contributed by atoms with van der Waals surface area (Å²) in [6, 6.07) is 0. The van der Waals surface area contributed by atoms with Crippen LogP contribution in [0.5, 0.6) is 0 Å². The number of aliphatic hydroxyl groups excluding tert-OH is 2. The average molecular weight is 283 g/mol. The maximum atomic E-state index is 9.78. The number of nitrogens with two attached hydrogens (primary N) is 1. The molecule has 0 aromatic carbocycles. The molecule has 0 aliphatic carbocycles. The van der Waals surface area contributed by atoms with Gasteiger partial charge in [-0.25, -0.2) is 9.97 Å².